The van der Waals surface area contributed by atoms with Gasteiger partial charge in [-0.2, -0.15) is 0 Å². The molecule has 0 aromatic heterocycles. The van der Waals surface area contributed by atoms with E-state index in [9.17, 15) is 0 Å². The Morgan fingerprint density at radius 2 is 1.10 bits per heavy atom. The van der Waals surface area contributed by atoms with Crippen molar-refractivity contribution in [2.24, 2.45) is 20.3 Å². The van der Waals surface area contributed by atoms with E-state index in [1.165, 1.54) is 0 Å². The van der Waals surface area contributed by atoms with Crippen LogP contribution in [0.4, 0.5) is 0 Å². The number of rotatable bonds is 6. The molecule has 2 N–H and O–H groups in total. The Morgan fingerprint density at radius 1 is 0.800 bits per heavy atom. The first-order valence-electron chi connectivity index (χ1n) is 5.68. The zero-order chi connectivity index (χ0) is 16.0. The van der Waals surface area contributed by atoms with Gasteiger partial charge in [0.25, 0.3) is 0 Å². The molecule has 0 atom stereocenters. The molecule has 0 aliphatic heterocycles. The van der Waals surface area contributed by atoms with Crippen molar-refractivity contribution >= 4 is 62.3 Å². The summed E-state index contributed by atoms with van der Waals surface area (Å²) < 4.78 is 0. The SMILES string of the molecule is CC(=NO)C(C)=NCCCN=C(C)C(C)=NO.[I][Rh][I]. The van der Waals surface area contributed by atoms with Gasteiger partial charge in [0.1, 0.15) is 0 Å². The molecule has 0 aromatic carbocycles. The molecule has 0 amide bonds. The second-order valence-corrected chi connectivity index (χ2v) is 16.3. The van der Waals surface area contributed by atoms with Crippen LogP contribution in [0, 0.1) is 0 Å². The van der Waals surface area contributed by atoms with E-state index in [1.807, 2.05) is 0 Å². The summed E-state index contributed by atoms with van der Waals surface area (Å²) in [6, 6.07) is 0. The van der Waals surface area contributed by atoms with Gasteiger partial charge in [-0.05, 0) is 34.1 Å². The van der Waals surface area contributed by atoms with Crippen molar-refractivity contribution in [3.63, 3.8) is 0 Å². The first kappa shape index (κ1) is 22.6. The minimum atomic E-state index is 0.521. The third kappa shape index (κ3) is 13.4. The third-order valence-electron chi connectivity index (χ3n) is 2.36. The Hall–Kier alpha value is 0.363. The van der Waals surface area contributed by atoms with Gasteiger partial charge in [0.05, 0.1) is 22.8 Å². The summed E-state index contributed by atoms with van der Waals surface area (Å²) in [6.07, 6.45) is 0.798. The molecular formula is C11H20I2N4O2Rh. The van der Waals surface area contributed by atoms with Crippen LogP contribution in [0.25, 0.3) is 0 Å². The van der Waals surface area contributed by atoms with Crippen molar-refractivity contribution in [2.45, 2.75) is 34.1 Å². The van der Waals surface area contributed by atoms with E-state index in [0.29, 0.717) is 24.5 Å². The summed E-state index contributed by atoms with van der Waals surface area (Å²) in [5, 5.41) is 23.2. The van der Waals surface area contributed by atoms with Crippen molar-refractivity contribution in [1.82, 2.24) is 0 Å². The van der Waals surface area contributed by atoms with Crippen molar-refractivity contribution in [3.8, 4) is 0 Å². The van der Waals surface area contributed by atoms with E-state index in [2.05, 4.69) is 59.8 Å². The van der Waals surface area contributed by atoms with Crippen LogP contribution in [-0.4, -0.2) is 46.4 Å². The van der Waals surface area contributed by atoms with Crippen molar-refractivity contribution in [2.75, 3.05) is 13.1 Å². The minimum absolute atomic E-state index is 0.521. The maximum absolute atomic E-state index is 8.52. The van der Waals surface area contributed by atoms with Gasteiger partial charge in [0.15, 0.2) is 0 Å². The average molecular weight is 597 g/mol. The van der Waals surface area contributed by atoms with Crippen molar-refractivity contribution in [3.05, 3.63) is 0 Å². The molecule has 0 fully saturated rings. The number of hydrogen-bond acceptors (Lipinski definition) is 6. The summed E-state index contributed by atoms with van der Waals surface area (Å²) in [5.74, 6) is 0. The van der Waals surface area contributed by atoms with Crippen molar-refractivity contribution in [1.29, 1.82) is 0 Å². The Morgan fingerprint density at radius 3 is 1.35 bits per heavy atom. The van der Waals surface area contributed by atoms with Gasteiger partial charge in [0.2, 0.25) is 0 Å². The zero-order valence-corrected chi connectivity index (χ0v) is 17.8. The van der Waals surface area contributed by atoms with Gasteiger partial charge < -0.3 is 10.4 Å². The fourth-order valence-electron chi connectivity index (χ4n) is 0.938. The zero-order valence-electron chi connectivity index (χ0n) is 11.9. The Labute approximate surface area is 149 Å². The van der Waals surface area contributed by atoms with Gasteiger partial charge in [-0.1, -0.05) is 10.3 Å². The predicted molar refractivity (Wildman–Crippen MR) is 98.4 cm³/mol. The van der Waals surface area contributed by atoms with Crippen LogP contribution in [-0.2, 0) is 10.1 Å². The monoisotopic (exact) mass is 597 g/mol. The van der Waals surface area contributed by atoms with Crippen LogP contribution in [0.3, 0.4) is 0 Å². The molecule has 0 aliphatic carbocycles. The molecule has 9 heteroatoms. The molecule has 6 nitrogen and oxygen atoms in total. The summed E-state index contributed by atoms with van der Waals surface area (Å²) in [4.78, 5) is 8.47. The van der Waals surface area contributed by atoms with E-state index < -0.39 is 0 Å². The van der Waals surface area contributed by atoms with E-state index >= 15 is 0 Å². The molecule has 0 aromatic rings. The van der Waals surface area contributed by atoms with Crippen LogP contribution in [0.5, 0.6) is 0 Å². The van der Waals surface area contributed by atoms with Crippen LogP contribution in [0.2, 0.25) is 0 Å². The molecule has 0 rings (SSSR count). The molecule has 20 heavy (non-hydrogen) atoms. The molecule has 0 aliphatic rings. The Balaban J connectivity index is 0. The number of nitrogens with zero attached hydrogens (tertiary/aromatic N) is 4. The second-order valence-electron chi connectivity index (χ2n) is 3.71. The van der Waals surface area contributed by atoms with Gasteiger partial charge in [-0.3, -0.25) is 9.98 Å². The number of oxime groups is 2. The first-order valence-corrected chi connectivity index (χ1v) is 15.4. The van der Waals surface area contributed by atoms with Crippen LogP contribution in [0.1, 0.15) is 34.1 Å². The first-order chi connectivity index (χ1) is 9.44. The van der Waals surface area contributed by atoms with Gasteiger partial charge in [-0.15, -0.1) is 0 Å². The van der Waals surface area contributed by atoms with Gasteiger partial charge in [0, 0.05) is 13.1 Å². The summed E-state index contributed by atoms with van der Waals surface area (Å²) in [6.45, 7) is 8.25. The Kier molecular flexibility index (Phi) is 17.8. The third-order valence-corrected chi connectivity index (χ3v) is 2.36. The topological polar surface area (TPSA) is 89.9 Å². The van der Waals surface area contributed by atoms with E-state index in [-0.39, 0.29) is 0 Å². The molecule has 119 valence electrons. The van der Waals surface area contributed by atoms with Crippen LogP contribution >= 0.6 is 39.5 Å². The summed E-state index contributed by atoms with van der Waals surface area (Å²) in [5.41, 5.74) is 2.49. The number of hydrogen-bond donors (Lipinski definition) is 2. The molecule has 0 radical (unpaired) electrons. The molecule has 0 heterocycles. The fraction of sp³-hybridized carbons (Fsp3) is 0.636. The number of halogens is 2. The predicted octanol–water partition coefficient (Wildman–Crippen LogP) is 3.77. The summed E-state index contributed by atoms with van der Waals surface area (Å²) >= 11 is 4.69. The molecule has 0 saturated heterocycles. The van der Waals surface area contributed by atoms with E-state index in [1.54, 1.807) is 27.7 Å². The molecule has 0 spiro atoms. The quantitative estimate of drug-likeness (QED) is 0.122. The van der Waals surface area contributed by atoms with Gasteiger partial charge >= 0.3 is 49.6 Å². The molecule has 0 unspecified atom stereocenters. The second kappa shape index (κ2) is 15.7. The fourth-order valence-corrected chi connectivity index (χ4v) is 0.938. The normalized spacial score (nSPS) is 14.1. The van der Waals surface area contributed by atoms with Crippen molar-refractivity contribution < 1.29 is 20.5 Å². The van der Waals surface area contributed by atoms with Crippen LogP contribution in [0.15, 0.2) is 20.3 Å². The summed E-state index contributed by atoms with van der Waals surface area (Å²) in [7, 11) is 0.770. The van der Waals surface area contributed by atoms with Crippen LogP contribution < -0.4 is 0 Å². The van der Waals surface area contributed by atoms with E-state index in [4.69, 9.17) is 10.4 Å². The Bertz CT molecular complexity index is 351. The molecule has 0 bridgehead atoms. The van der Waals surface area contributed by atoms with Gasteiger partial charge in [-0.25, -0.2) is 0 Å². The number of aliphatic imine (C=N–C) groups is 2. The average Bonchev–Trinajstić information content (AvgIpc) is 2.45. The van der Waals surface area contributed by atoms with E-state index in [0.717, 1.165) is 27.9 Å². The standard InChI is InChI=1S/C11H20N4O2.2HI.Rh/c1-8(10(3)14-16)12-6-5-7-13-9(2)11(4)15-17;;;/h16-17H,5-7H2,1-4H3;2*1H;/q;;;+2/p-2. The maximum atomic E-state index is 8.52. The molecule has 0 saturated carbocycles. The molecular weight excluding hydrogens is 577 g/mol.